The van der Waals surface area contributed by atoms with Crippen molar-refractivity contribution in [2.45, 2.75) is 6.42 Å². The second kappa shape index (κ2) is 6.78. The van der Waals surface area contributed by atoms with Crippen LogP contribution in [0.2, 0.25) is 5.28 Å². The standard InChI is InChI=1S/C10H14ClN7O2S/c1-21(19,20)14-4-2-3-13-9-15-8(11)16-10(17-9)18-6-5-12-7-18/h5-7,14H,2-4H2,1H3,(H,13,15,16,17). The molecule has 2 aromatic heterocycles. The molecule has 21 heavy (non-hydrogen) atoms. The molecule has 0 saturated carbocycles. The molecule has 0 aromatic carbocycles. The van der Waals surface area contributed by atoms with Gasteiger partial charge in [0, 0.05) is 25.5 Å². The van der Waals surface area contributed by atoms with Gasteiger partial charge in [-0.3, -0.25) is 4.57 Å². The van der Waals surface area contributed by atoms with Crippen molar-refractivity contribution in [3.8, 4) is 5.95 Å². The Morgan fingerprint density at radius 3 is 2.76 bits per heavy atom. The van der Waals surface area contributed by atoms with Crippen LogP contribution in [0.25, 0.3) is 5.95 Å². The Hall–Kier alpha value is -1.78. The molecule has 0 aliphatic rings. The van der Waals surface area contributed by atoms with Crippen LogP contribution in [0.1, 0.15) is 6.42 Å². The Kier molecular flexibility index (Phi) is 5.04. The van der Waals surface area contributed by atoms with Gasteiger partial charge in [0.05, 0.1) is 6.26 Å². The Bertz CT molecular complexity index is 689. The van der Waals surface area contributed by atoms with E-state index in [1.807, 2.05) is 0 Å². The highest BCUT2D eigenvalue weighted by Gasteiger charge is 2.06. The zero-order valence-electron chi connectivity index (χ0n) is 11.2. The molecule has 2 rings (SSSR count). The van der Waals surface area contributed by atoms with Crippen LogP contribution in [0.4, 0.5) is 5.95 Å². The maximum atomic E-state index is 10.9. The Morgan fingerprint density at radius 1 is 1.29 bits per heavy atom. The number of nitrogens with zero attached hydrogens (tertiary/aromatic N) is 5. The Labute approximate surface area is 126 Å². The molecule has 0 spiro atoms. The van der Waals surface area contributed by atoms with Gasteiger partial charge in [0.25, 0.3) is 0 Å². The van der Waals surface area contributed by atoms with Crippen molar-refractivity contribution in [2.24, 2.45) is 0 Å². The minimum Gasteiger partial charge on any atom is -0.354 e. The predicted molar refractivity (Wildman–Crippen MR) is 77.9 cm³/mol. The van der Waals surface area contributed by atoms with Gasteiger partial charge in [-0.2, -0.15) is 15.0 Å². The number of anilines is 1. The van der Waals surface area contributed by atoms with Gasteiger partial charge >= 0.3 is 0 Å². The van der Waals surface area contributed by atoms with Crippen LogP contribution in [-0.2, 0) is 10.0 Å². The number of hydrogen-bond donors (Lipinski definition) is 2. The zero-order chi connectivity index (χ0) is 15.3. The van der Waals surface area contributed by atoms with Gasteiger partial charge in [0.15, 0.2) is 0 Å². The van der Waals surface area contributed by atoms with Crippen molar-refractivity contribution in [1.29, 1.82) is 0 Å². The average Bonchev–Trinajstić information content (AvgIpc) is 2.90. The highest BCUT2D eigenvalue weighted by atomic mass is 35.5. The van der Waals surface area contributed by atoms with E-state index in [0.29, 0.717) is 31.4 Å². The van der Waals surface area contributed by atoms with Crippen molar-refractivity contribution in [3.05, 3.63) is 24.0 Å². The Balaban J connectivity index is 1.92. The van der Waals surface area contributed by atoms with E-state index >= 15 is 0 Å². The SMILES string of the molecule is CS(=O)(=O)NCCCNc1nc(Cl)nc(-n2ccnc2)n1. The second-order valence-corrected chi connectivity index (χ2v) is 6.32. The van der Waals surface area contributed by atoms with E-state index in [9.17, 15) is 8.42 Å². The molecule has 0 fully saturated rings. The molecule has 2 heterocycles. The summed E-state index contributed by atoms with van der Waals surface area (Å²) in [6.07, 6.45) is 6.53. The molecule has 9 nitrogen and oxygen atoms in total. The van der Waals surface area contributed by atoms with Crippen LogP contribution in [0.15, 0.2) is 18.7 Å². The minimum atomic E-state index is -3.16. The molecular weight excluding hydrogens is 318 g/mol. The van der Waals surface area contributed by atoms with Gasteiger partial charge in [-0.15, -0.1) is 0 Å². The smallest absolute Gasteiger partial charge is 0.241 e. The predicted octanol–water partition coefficient (Wildman–Crippen LogP) is 0.0619. The number of rotatable bonds is 7. The monoisotopic (exact) mass is 331 g/mol. The first-order valence-electron chi connectivity index (χ1n) is 6.02. The summed E-state index contributed by atoms with van der Waals surface area (Å²) in [6, 6.07) is 0. The van der Waals surface area contributed by atoms with Gasteiger partial charge in [0.2, 0.25) is 27.2 Å². The van der Waals surface area contributed by atoms with E-state index in [0.717, 1.165) is 6.26 Å². The molecule has 2 aromatic rings. The number of aromatic nitrogens is 5. The van der Waals surface area contributed by atoms with Crippen molar-refractivity contribution in [1.82, 2.24) is 29.2 Å². The van der Waals surface area contributed by atoms with Gasteiger partial charge in [-0.1, -0.05) is 0 Å². The number of sulfonamides is 1. The fourth-order valence-electron chi connectivity index (χ4n) is 1.46. The molecule has 2 N–H and O–H groups in total. The molecule has 0 bridgehead atoms. The topological polar surface area (TPSA) is 115 Å². The molecule has 0 atom stereocenters. The maximum Gasteiger partial charge on any atom is 0.241 e. The van der Waals surface area contributed by atoms with Gasteiger partial charge < -0.3 is 5.32 Å². The van der Waals surface area contributed by atoms with Crippen LogP contribution < -0.4 is 10.0 Å². The Morgan fingerprint density at radius 2 is 2.10 bits per heavy atom. The van der Waals surface area contributed by atoms with Gasteiger partial charge in [-0.25, -0.2) is 18.1 Å². The first-order valence-corrected chi connectivity index (χ1v) is 8.29. The van der Waals surface area contributed by atoms with Crippen LogP contribution in [0, 0.1) is 0 Å². The molecule has 11 heteroatoms. The number of halogens is 1. The van der Waals surface area contributed by atoms with Crippen molar-refractivity contribution in [2.75, 3.05) is 24.7 Å². The molecule has 0 amide bonds. The zero-order valence-corrected chi connectivity index (χ0v) is 12.8. The van der Waals surface area contributed by atoms with E-state index in [-0.39, 0.29) is 5.28 Å². The van der Waals surface area contributed by atoms with E-state index < -0.39 is 10.0 Å². The summed E-state index contributed by atoms with van der Waals surface area (Å²) >= 11 is 5.84. The largest absolute Gasteiger partial charge is 0.354 e. The first kappa shape index (κ1) is 15.6. The summed E-state index contributed by atoms with van der Waals surface area (Å²) in [5.41, 5.74) is 0. The van der Waals surface area contributed by atoms with Crippen molar-refractivity contribution < 1.29 is 8.42 Å². The summed E-state index contributed by atoms with van der Waals surface area (Å²) < 4.78 is 25.8. The fraction of sp³-hybridized carbons (Fsp3) is 0.400. The lowest BCUT2D eigenvalue weighted by Crippen LogP contribution is -2.24. The highest BCUT2D eigenvalue weighted by molar-refractivity contribution is 7.88. The summed E-state index contributed by atoms with van der Waals surface area (Å²) in [6.45, 7) is 0.825. The third-order valence-electron chi connectivity index (χ3n) is 2.33. The summed E-state index contributed by atoms with van der Waals surface area (Å²) in [7, 11) is -3.16. The number of nitrogens with one attached hydrogen (secondary N) is 2. The first-order chi connectivity index (χ1) is 9.94. The molecule has 114 valence electrons. The molecule has 0 saturated heterocycles. The average molecular weight is 332 g/mol. The van der Waals surface area contributed by atoms with Gasteiger partial charge in [-0.05, 0) is 18.0 Å². The normalized spacial score (nSPS) is 11.5. The molecule has 0 radical (unpaired) electrons. The number of imidazole rings is 1. The summed E-state index contributed by atoms with van der Waals surface area (Å²) in [5, 5.41) is 3.02. The summed E-state index contributed by atoms with van der Waals surface area (Å²) in [5.74, 6) is 0.669. The van der Waals surface area contributed by atoms with E-state index in [4.69, 9.17) is 11.6 Å². The van der Waals surface area contributed by atoms with E-state index in [1.165, 1.54) is 0 Å². The fourth-order valence-corrected chi connectivity index (χ4v) is 2.13. The molecule has 0 unspecified atom stereocenters. The lowest BCUT2D eigenvalue weighted by molar-refractivity contribution is 0.586. The van der Waals surface area contributed by atoms with E-state index in [2.05, 4.69) is 30.0 Å². The van der Waals surface area contributed by atoms with E-state index in [1.54, 1.807) is 23.3 Å². The maximum absolute atomic E-state index is 10.9. The molecular formula is C10H14ClN7O2S. The lowest BCUT2D eigenvalue weighted by atomic mass is 10.4. The van der Waals surface area contributed by atoms with Crippen molar-refractivity contribution >= 4 is 27.6 Å². The van der Waals surface area contributed by atoms with Crippen LogP contribution >= 0.6 is 11.6 Å². The summed E-state index contributed by atoms with van der Waals surface area (Å²) in [4.78, 5) is 16.0. The van der Waals surface area contributed by atoms with Crippen molar-refractivity contribution in [3.63, 3.8) is 0 Å². The highest BCUT2D eigenvalue weighted by Crippen LogP contribution is 2.09. The quantitative estimate of drug-likeness (QED) is 0.689. The number of hydrogen-bond acceptors (Lipinski definition) is 7. The molecule has 0 aliphatic heterocycles. The van der Waals surface area contributed by atoms with Crippen LogP contribution in [-0.4, -0.2) is 52.3 Å². The molecule has 0 aliphatic carbocycles. The third kappa shape index (κ3) is 5.25. The third-order valence-corrected chi connectivity index (χ3v) is 3.23. The van der Waals surface area contributed by atoms with Gasteiger partial charge in [0.1, 0.15) is 6.33 Å². The lowest BCUT2D eigenvalue weighted by Gasteiger charge is -2.07. The minimum absolute atomic E-state index is 0.0606. The van der Waals surface area contributed by atoms with Crippen LogP contribution in [0.5, 0.6) is 0 Å². The second-order valence-electron chi connectivity index (χ2n) is 4.14. The van der Waals surface area contributed by atoms with Crippen LogP contribution in [0.3, 0.4) is 0 Å².